The van der Waals surface area contributed by atoms with E-state index in [0.29, 0.717) is 17.0 Å². The van der Waals surface area contributed by atoms with Crippen LogP contribution in [0.3, 0.4) is 0 Å². The average Bonchev–Trinajstić information content (AvgIpc) is 2.67. The minimum atomic E-state index is -0.633. The van der Waals surface area contributed by atoms with Crippen LogP contribution in [0.4, 0.5) is 5.69 Å². The molecule has 7 nitrogen and oxygen atoms in total. The highest BCUT2D eigenvalue weighted by molar-refractivity contribution is 5.98. The fraction of sp³-hybridized carbons (Fsp3) is 0.273. The molecule has 0 aliphatic carbocycles. The second-order valence-electron chi connectivity index (χ2n) is 6.57. The first-order valence-electron chi connectivity index (χ1n) is 9.09. The lowest BCUT2D eigenvalue weighted by molar-refractivity contribution is -0.143. The Morgan fingerprint density at radius 3 is 2.28 bits per heavy atom. The van der Waals surface area contributed by atoms with Gasteiger partial charge in [0.1, 0.15) is 5.75 Å². The Morgan fingerprint density at radius 1 is 0.931 bits per heavy atom. The van der Waals surface area contributed by atoms with Crippen molar-refractivity contribution in [3.05, 3.63) is 59.2 Å². The van der Waals surface area contributed by atoms with Crippen molar-refractivity contribution in [2.45, 2.75) is 33.6 Å². The highest BCUT2D eigenvalue weighted by atomic mass is 16.5. The molecule has 0 radical (unpaired) electrons. The zero-order valence-electron chi connectivity index (χ0n) is 16.6. The summed E-state index contributed by atoms with van der Waals surface area (Å²) in [7, 11) is 0. The van der Waals surface area contributed by atoms with Gasteiger partial charge in [0, 0.05) is 24.6 Å². The molecular weight excluding hydrogens is 374 g/mol. The number of ether oxygens (including phenoxy) is 2. The third-order valence-electron chi connectivity index (χ3n) is 4.03. The zero-order chi connectivity index (χ0) is 21.4. The van der Waals surface area contributed by atoms with E-state index < -0.39 is 24.3 Å². The predicted octanol–water partition coefficient (Wildman–Crippen LogP) is 3.37. The summed E-state index contributed by atoms with van der Waals surface area (Å²) in [6.45, 7) is 4.66. The van der Waals surface area contributed by atoms with Gasteiger partial charge in [-0.2, -0.15) is 0 Å². The molecule has 0 aliphatic heterocycles. The van der Waals surface area contributed by atoms with E-state index in [1.54, 1.807) is 0 Å². The van der Waals surface area contributed by atoms with E-state index in [-0.39, 0.29) is 18.7 Å². The molecular formula is C22H23NO6. The molecule has 1 amide bonds. The van der Waals surface area contributed by atoms with Gasteiger partial charge in [-0.3, -0.25) is 19.2 Å². The molecule has 0 unspecified atom stereocenters. The Labute approximate surface area is 169 Å². The zero-order valence-corrected chi connectivity index (χ0v) is 16.6. The molecule has 0 bridgehead atoms. The molecule has 0 aromatic heterocycles. The SMILES string of the molecule is CC(=O)Oc1ccc(C(=O)COC(=O)CCC(=O)Nc2cc(C)ccc2C)cc1. The van der Waals surface area contributed by atoms with Crippen LogP contribution >= 0.6 is 0 Å². The monoisotopic (exact) mass is 397 g/mol. The molecule has 0 atom stereocenters. The van der Waals surface area contributed by atoms with Crippen molar-refractivity contribution in [2.75, 3.05) is 11.9 Å². The molecule has 0 fully saturated rings. The van der Waals surface area contributed by atoms with E-state index in [2.05, 4.69) is 5.32 Å². The van der Waals surface area contributed by atoms with Crippen molar-refractivity contribution in [2.24, 2.45) is 0 Å². The Hall–Kier alpha value is -3.48. The first-order valence-corrected chi connectivity index (χ1v) is 9.09. The van der Waals surface area contributed by atoms with Crippen LogP contribution in [0.25, 0.3) is 0 Å². The van der Waals surface area contributed by atoms with Gasteiger partial charge in [0.2, 0.25) is 5.91 Å². The van der Waals surface area contributed by atoms with Crippen LogP contribution in [-0.4, -0.2) is 30.2 Å². The van der Waals surface area contributed by atoms with Crippen molar-refractivity contribution in [3.63, 3.8) is 0 Å². The lowest BCUT2D eigenvalue weighted by Gasteiger charge is -2.09. The van der Waals surface area contributed by atoms with Crippen molar-refractivity contribution in [1.82, 2.24) is 0 Å². The summed E-state index contributed by atoms with van der Waals surface area (Å²) in [5, 5.41) is 2.77. The van der Waals surface area contributed by atoms with Gasteiger partial charge in [-0.05, 0) is 55.3 Å². The first-order chi connectivity index (χ1) is 13.7. The fourth-order valence-corrected chi connectivity index (χ4v) is 2.48. The van der Waals surface area contributed by atoms with Gasteiger partial charge in [-0.1, -0.05) is 12.1 Å². The third kappa shape index (κ3) is 7.21. The number of ketones is 1. The summed E-state index contributed by atoms with van der Waals surface area (Å²) in [4.78, 5) is 46.8. The molecule has 0 saturated heterocycles. The standard InChI is InChI=1S/C22H23NO6/c1-14-4-5-15(2)19(12-14)23-21(26)10-11-22(27)28-13-20(25)17-6-8-18(9-7-17)29-16(3)24/h4-9,12H,10-11,13H2,1-3H3,(H,23,26). The van der Waals surface area contributed by atoms with Crippen molar-refractivity contribution in [3.8, 4) is 5.75 Å². The maximum absolute atomic E-state index is 12.1. The number of aryl methyl sites for hydroxylation is 2. The Morgan fingerprint density at radius 2 is 1.62 bits per heavy atom. The smallest absolute Gasteiger partial charge is 0.308 e. The molecule has 2 rings (SSSR count). The molecule has 2 aromatic carbocycles. The molecule has 29 heavy (non-hydrogen) atoms. The molecule has 0 spiro atoms. The molecule has 2 aromatic rings. The molecule has 7 heteroatoms. The molecule has 1 N–H and O–H groups in total. The Kier molecular flexibility index (Phi) is 7.65. The normalized spacial score (nSPS) is 10.2. The van der Waals surface area contributed by atoms with Gasteiger partial charge < -0.3 is 14.8 Å². The largest absolute Gasteiger partial charge is 0.457 e. The summed E-state index contributed by atoms with van der Waals surface area (Å²) in [6.07, 6.45) is -0.174. The van der Waals surface area contributed by atoms with Gasteiger partial charge in [0.05, 0.1) is 6.42 Å². The van der Waals surface area contributed by atoms with Crippen LogP contribution < -0.4 is 10.1 Å². The highest BCUT2D eigenvalue weighted by Crippen LogP contribution is 2.17. The van der Waals surface area contributed by atoms with Crippen LogP contribution in [0.1, 0.15) is 41.3 Å². The average molecular weight is 397 g/mol. The third-order valence-corrected chi connectivity index (χ3v) is 4.03. The minimum absolute atomic E-state index is 0.0442. The van der Waals surface area contributed by atoms with E-state index in [9.17, 15) is 19.2 Å². The Bertz CT molecular complexity index is 917. The van der Waals surface area contributed by atoms with Crippen molar-refractivity contribution >= 4 is 29.3 Å². The van der Waals surface area contributed by atoms with Crippen LogP contribution in [-0.2, 0) is 19.1 Å². The predicted molar refractivity (Wildman–Crippen MR) is 107 cm³/mol. The summed E-state index contributed by atoms with van der Waals surface area (Å²) < 4.78 is 9.83. The van der Waals surface area contributed by atoms with Crippen LogP contribution in [0.2, 0.25) is 0 Å². The van der Waals surface area contributed by atoms with E-state index in [1.165, 1.54) is 31.2 Å². The quantitative estimate of drug-likeness (QED) is 0.417. The second-order valence-corrected chi connectivity index (χ2v) is 6.57. The van der Waals surface area contributed by atoms with E-state index >= 15 is 0 Å². The summed E-state index contributed by atoms with van der Waals surface area (Å²) >= 11 is 0. The van der Waals surface area contributed by atoms with Crippen molar-refractivity contribution < 1.29 is 28.7 Å². The maximum Gasteiger partial charge on any atom is 0.308 e. The number of hydrogen-bond acceptors (Lipinski definition) is 6. The molecule has 0 aliphatic rings. The molecule has 0 saturated carbocycles. The summed E-state index contributed by atoms with van der Waals surface area (Å²) in [6, 6.07) is 11.6. The van der Waals surface area contributed by atoms with Crippen LogP contribution in [0.15, 0.2) is 42.5 Å². The number of rotatable bonds is 8. The molecule has 0 heterocycles. The topological polar surface area (TPSA) is 98.8 Å². The van der Waals surface area contributed by atoms with E-state index in [4.69, 9.17) is 9.47 Å². The second kappa shape index (κ2) is 10.2. The number of carbonyl (C=O) groups is 4. The Balaban J connectivity index is 1.76. The van der Waals surface area contributed by atoms with E-state index in [0.717, 1.165) is 11.1 Å². The summed E-state index contributed by atoms with van der Waals surface area (Å²) in [5.41, 5.74) is 2.97. The van der Waals surface area contributed by atoms with Gasteiger partial charge >= 0.3 is 11.9 Å². The number of Topliss-reactive ketones (excluding diaryl/α,β-unsaturated/α-hetero) is 1. The minimum Gasteiger partial charge on any atom is -0.457 e. The lowest BCUT2D eigenvalue weighted by Crippen LogP contribution is -2.17. The number of benzene rings is 2. The first kappa shape index (κ1) is 21.8. The number of amides is 1. The highest BCUT2D eigenvalue weighted by Gasteiger charge is 2.13. The van der Waals surface area contributed by atoms with Crippen LogP contribution in [0, 0.1) is 13.8 Å². The lowest BCUT2D eigenvalue weighted by atomic mass is 10.1. The molecule has 152 valence electrons. The van der Waals surface area contributed by atoms with E-state index in [1.807, 2.05) is 32.0 Å². The number of anilines is 1. The van der Waals surface area contributed by atoms with Gasteiger partial charge in [0.25, 0.3) is 0 Å². The maximum atomic E-state index is 12.1. The number of nitrogens with one attached hydrogen (secondary N) is 1. The summed E-state index contributed by atoms with van der Waals surface area (Å²) in [5.74, 6) is -1.47. The number of esters is 2. The van der Waals surface area contributed by atoms with Crippen LogP contribution in [0.5, 0.6) is 5.75 Å². The number of carbonyl (C=O) groups excluding carboxylic acids is 4. The van der Waals surface area contributed by atoms with Gasteiger partial charge in [0.15, 0.2) is 12.4 Å². The van der Waals surface area contributed by atoms with Crippen molar-refractivity contribution in [1.29, 1.82) is 0 Å². The fourth-order valence-electron chi connectivity index (χ4n) is 2.48. The van der Waals surface area contributed by atoms with Gasteiger partial charge in [-0.25, -0.2) is 0 Å². The number of hydrogen-bond donors (Lipinski definition) is 1. The van der Waals surface area contributed by atoms with Gasteiger partial charge in [-0.15, -0.1) is 0 Å².